The Labute approximate surface area is 118 Å². The van der Waals surface area contributed by atoms with Crippen LogP contribution >= 0.6 is 15.9 Å². The van der Waals surface area contributed by atoms with Crippen molar-refractivity contribution in [2.24, 2.45) is 11.8 Å². The van der Waals surface area contributed by atoms with Crippen molar-refractivity contribution < 1.29 is 9.59 Å². The van der Waals surface area contributed by atoms with Crippen molar-refractivity contribution in [2.75, 3.05) is 19.6 Å². The molecule has 0 aromatic carbocycles. The lowest BCUT2D eigenvalue weighted by Gasteiger charge is -2.33. The number of hydrogen-bond donors (Lipinski definition) is 1. The van der Waals surface area contributed by atoms with Crippen molar-refractivity contribution in [2.45, 2.75) is 38.4 Å². The number of nitrogens with one attached hydrogen (secondary N) is 1. The Balaban J connectivity index is 2.35. The molecule has 1 aliphatic rings. The molecule has 0 spiro atoms. The number of amides is 2. The van der Waals surface area contributed by atoms with Gasteiger partial charge in [0.05, 0.1) is 4.83 Å². The molecular weight excluding hydrogens is 296 g/mol. The van der Waals surface area contributed by atoms with Crippen LogP contribution in [-0.4, -0.2) is 41.2 Å². The first-order valence-corrected chi connectivity index (χ1v) is 7.50. The lowest BCUT2D eigenvalue weighted by molar-refractivity contribution is -0.132. The highest BCUT2D eigenvalue weighted by atomic mass is 79.9. The van der Waals surface area contributed by atoms with Gasteiger partial charge in [-0.15, -0.1) is 0 Å². The summed E-state index contributed by atoms with van der Waals surface area (Å²) in [5, 5.41) is 2.85. The lowest BCUT2D eigenvalue weighted by Crippen LogP contribution is -2.45. The number of carbonyl (C=O) groups is 2. The summed E-state index contributed by atoms with van der Waals surface area (Å²) in [6.07, 6.45) is 1.95. The number of carbonyl (C=O) groups excluding carboxylic acids is 2. The van der Waals surface area contributed by atoms with Crippen LogP contribution in [0.4, 0.5) is 0 Å². The fraction of sp³-hybridized carbons (Fsp3) is 0.846. The summed E-state index contributed by atoms with van der Waals surface area (Å²) < 4.78 is 0. The second-order valence-electron chi connectivity index (χ2n) is 5.35. The number of alkyl halides is 1. The van der Waals surface area contributed by atoms with Crippen molar-refractivity contribution >= 4 is 27.7 Å². The molecule has 1 atom stereocenters. The van der Waals surface area contributed by atoms with Crippen molar-refractivity contribution in [3.05, 3.63) is 0 Å². The van der Waals surface area contributed by atoms with Gasteiger partial charge in [-0.1, -0.05) is 29.8 Å². The van der Waals surface area contributed by atoms with E-state index in [1.165, 1.54) is 6.92 Å². The molecule has 4 nitrogen and oxygen atoms in total. The minimum Gasteiger partial charge on any atom is -0.356 e. The number of likely N-dealkylation sites (tertiary alicyclic amines) is 1. The van der Waals surface area contributed by atoms with Gasteiger partial charge in [0.2, 0.25) is 11.8 Å². The quantitative estimate of drug-likeness (QED) is 0.803. The van der Waals surface area contributed by atoms with E-state index in [-0.39, 0.29) is 16.6 Å². The molecule has 18 heavy (non-hydrogen) atoms. The maximum Gasteiger partial charge on any atom is 0.236 e. The zero-order valence-corrected chi connectivity index (χ0v) is 13.0. The van der Waals surface area contributed by atoms with Crippen LogP contribution in [0, 0.1) is 11.8 Å². The van der Waals surface area contributed by atoms with E-state index in [2.05, 4.69) is 21.2 Å². The van der Waals surface area contributed by atoms with Gasteiger partial charge in [-0.2, -0.15) is 0 Å². The zero-order chi connectivity index (χ0) is 13.7. The van der Waals surface area contributed by atoms with Crippen LogP contribution in [0.2, 0.25) is 0 Å². The Morgan fingerprint density at radius 1 is 1.33 bits per heavy atom. The van der Waals surface area contributed by atoms with Gasteiger partial charge in [-0.05, 0) is 24.7 Å². The molecule has 0 saturated carbocycles. The minimum absolute atomic E-state index is 0.0221. The minimum atomic E-state index is -0.0793. The number of piperidine rings is 1. The van der Waals surface area contributed by atoms with Crippen LogP contribution < -0.4 is 5.32 Å². The summed E-state index contributed by atoms with van der Waals surface area (Å²) in [7, 11) is 0. The number of hydrogen-bond acceptors (Lipinski definition) is 2. The summed E-state index contributed by atoms with van der Waals surface area (Å²) >= 11 is 3.46. The lowest BCUT2D eigenvalue weighted by atomic mass is 9.96. The van der Waals surface area contributed by atoms with E-state index < -0.39 is 0 Å². The first kappa shape index (κ1) is 15.5. The van der Waals surface area contributed by atoms with Crippen molar-refractivity contribution in [3.8, 4) is 0 Å². The molecule has 1 unspecified atom stereocenters. The Hall–Kier alpha value is -0.580. The first-order valence-electron chi connectivity index (χ1n) is 6.59. The molecule has 0 bridgehead atoms. The molecule has 0 aromatic rings. The van der Waals surface area contributed by atoms with Gasteiger partial charge in [-0.3, -0.25) is 9.59 Å². The summed E-state index contributed by atoms with van der Waals surface area (Å²) in [6.45, 7) is 7.97. The average molecular weight is 319 g/mol. The summed E-state index contributed by atoms with van der Waals surface area (Å²) in [6, 6.07) is 0. The van der Waals surface area contributed by atoms with Crippen molar-refractivity contribution in [1.29, 1.82) is 0 Å². The van der Waals surface area contributed by atoms with Crippen LogP contribution in [0.1, 0.15) is 33.6 Å². The smallest absolute Gasteiger partial charge is 0.236 e. The van der Waals surface area contributed by atoms with Gasteiger partial charge in [-0.25, -0.2) is 0 Å². The average Bonchev–Trinajstić information content (AvgIpc) is 2.35. The van der Waals surface area contributed by atoms with E-state index in [4.69, 9.17) is 0 Å². The molecule has 1 heterocycles. The number of nitrogens with zero attached hydrogens (tertiary/aromatic N) is 1. The molecule has 2 amide bonds. The highest BCUT2D eigenvalue weighted by Gasteiger charge is 2.28. The maximum atomic E-state index is 12.1. The van der Waals surface area contributed by atoms with E-state index in [9.17, 15) is 9.59 Å². The second kappa shape index (κ2) is 7.12. The van der Waals surface area contributed by atoms with E-state index in [1.54, 1.807) is 0 Å². The Kier molecular flexibility index (Phi) is 6.12. The molecule has 1 aliphatic heterocycles. The third-order valence-corrected chi connectivity index (χ3v) is 4.84. The molecule has 1 saturated heterocycles. The van der Waals surface area contributed by atoms with Gasteiger partial charge in [0.25, 0.3) is 0 Å². The van der Waals surface area contributed by atoms with Gasteiger partial charge < -0.3 is 10.2 Å². The summed E-state index contributed by atoms with van der Waals surface area (Å²) in [4.78, 5) is 24.8. The fourth-order valence-electron chi connectivity index (χ4n) is 2.11. The predicted molar refractivity (Wildman–Crippen MR) is 75.5 cm³/mol. The van der Waals surface area contributed by atoms with Crippen LogP contribution in [0.25, 0.3) is 0 Å². The third-order valence-electron chi connectivity index (χ3n) is 3.39. The van der Waals surface area contributed by atoms with Gasteiger partial charge in [0.15, 0.2) is 0 Å². The van der Waals surface area contributed by atoms with Gasteiger partial charge >= 0.3 is 0 Å². The fourth-order valence-corrected chi connectivity index (χ4v) is 2.39. The standard InChI is InChI=1S/C13H23BrN2O2/c1-9(2)12(14)13(18)16-6-4-11(5-7-16)8-15-10(3)17/h9,11-12H,4-8H2,1-3H3,(H,15,17). The van der Waals surface area contributed by atoms with Crippen molar-refractivity contribution in [1.82, 2.24) is 10.2 Å². The van der Waals surface area contributed by atoms with E-state index >= 15 is 0 Å². The van der Waals surface area contributed by atoms with E-state index in [1.807, 2.05) is 18.7 Å². The Morgan fingerprint density at radius 2 is 1.89 bits per heavy atom. The molecule has 0 radical (unpaired) electrons. The Morgan fingerprint density at radius 3 is 2.33 bits per heavy atom. The van der Waals surface area contributed by atoms with Crippen LogP contribution in [0.15, 0.2) is 0 Å². The monoisotopic (exact) mass is 318 g/mol. The summed E-state index contributed by atoms with van der Waals surface area (Å²) in [5.41, 5.74) is 0. The zero-order valence-electron chi connectivity index (χ0n) is 11.4. The van der Waals surface area contributed by atoms with E-state index in [0.717, 1.165) is 32.5 Å². The van der Waals surface area contributed by atoms with Crippen LogP contribution in [0.3, 0.4) is 0 Å². The normalized spacial score (nSPS) is 18.8. The SMILES string of the molecule is CC(=O)NCC1CCN(C(=O)C(Br)C(C)C)CC1. The van der Waals surface area contributed by atoms with Crippen LogP contribution in [0.5, 0.6) is 0 Å². The van der Waals surface area contributed by atoms with Crippen LogP contribution in [-0.2, 0) is 9.59 Å². The van der Waals surface area contributed by atoms with E-state index in [0.29, 0.717) is 11.8 Å². The number of halogens is 1. The molecular formula is C13H23BrN2O2. The maximum absolute atomic E-state index is 12.1. The highest BCUT2D eigenvalue weighted by Crippen LogP contribution is 2.21. The second-order valence-corrected chi connectivity index (χ2v) is 6.34. The molecule has 1 N–H and O–H groups in total. The van der Waals surface area contributed by atoms with Gasteiger partial charge in [0, 0.05) is 26.6 Å². The first-order chi connectivity index (χ1) is 8.41. The molecule has 104 valence electrons. The highest BCUT2D eigenvalue weighted by molar-refractivity contribution is 9.10. The molecule has 1 fully saturated rings. The molecule has 0 aliphatic carbocycles. The number of rotatable bonds is 4. The van der Waals surface area contributed by atoms with Crippen molar-refractivity contribution in [3.63, 3.8) is 0 Å². The summed E-state index contributed by atoms with van der Waals surface area (Å²) in [5.74, 6) is 1.04. The predicted octanol–water partition coefficient (Wildman–Crippen LogP) is 1.78. The molecule has 0 aromatic heterocycles. The topological polar surface area (TPSA) is 49.4 Å². The molecule has 1 rings (SSSR count). The largest absolute Gasteiger partial charge is 0.356 e. The molecule has 5 heteroatoms. The third kappa shape index (κ3) is 4.59. The Bertz CT molecular complexity index is 299. The van der Waals surface area contributed by atoms with Gasteiger partial charge in [0.1, 0.15) is 0 Å².